The molecule has 2 aromatic carbocycles. The largest absolute Gasteiger partial charge is 0.412 e. The van der Waals surface area contributed by atoms with Gasteiger partial charge in [-0.25, -0.2) is 9.59 Å². The lowest BCUT2D eigenvalue weighted by molar-refractivity contribution is 0.187. The first-order valence-corrected chi connectivity index (χ1v) is 10.7. The summed E-state index contributed by atoms with van der Waals surface area (Å²) in [7, 11) is 0. The van der Waals surface area contributed by atoms with Gasteiger partial charge >= 0.3 is 12.2 Å². The lowest BCUT2D eigenvalue weighted by Crippen LogP contribution is -2.36. The molecular weight excluding hydrogens is 427 g/mol. The molecule has 0 heterocycles. The fraction of sp³-hybridized carbons (Fsp3) is 0.364. The Bertz CT molecular complexity index is 764. The molecule has 0 bridgehead atoms. The van der Waals surface area contributed by atoms with E-state index >= 15 is 0 Å². The van der Waals surface area contributed by atoms with E-state index in [4.69, 9.17) is 32.7 Å². The Labute approximate surface area is 185 Å². The summed E-state index contributed by atoms with van der Waals surface area (Å²) in [6, 6.07) is 13.3. The molecule has 160 valence electrons. The Balaban J connectivity index is 1.29. The van der Waals surface area contributed by atoms with Crippen molar-refractivity contribution in [3.63, 3.8) is 0 Å². The molecule has 30 heavy (non-hydrogen) atoms. The number of hydrogen-bond donors (Lipinski definition) is 2. The summed E-state index contributed by atoms with van der Waals surface area (Å²) < 4.78 is 10.4. The predicted octanol–water partition coefficient (Wildman–Crippen LogP) is 5.68. The van der Waals surface area contributed by atoms with E-state index in [2.05, 4.69) is 10.6 Å². The van der Waals surface area contributed by atoms with Gasteiger partial charge in [0, 0.05) is 23.1 Å². The molecule has 0 saturated heterocycles. The second-order valence-electron chi connectivity index (χ2n) is 7.34. The van der Waals surface area contributed by atoms with Crippen LogP contribution in [0.3, 0.4) is 0 Å². The smallest absolute Gasteiger partial charge is 0.410 e. The van der Waals surface area contributed by atoms with Crippen molar-refractivity contribution in [1.82, 2.24) is 10.6 Å². The van der Waals surface area contributed by atoms with Gasteiger partial charge in [-0.15, -0.1) is 0 Å². The molecule has 0 aromatic heterocycles. The zero-order valence-electron chi connectivity index (χ0n) is 16.4. The minimum Gasteiger partial charge on any atom is -0.410 e. The second kappa shape index (κ2) is 11.1. The fourth-order valence-corrected chi connectivity index (χ4v) is 3.64. The number of carbonyl (C=O) groups is 2. The first-order chi connectivity index (χ1) is 14.5. The summed E-state index contributed by atoms with van der Waals surface area (Å²) in [5, 5.41) is 6.82. The summed E-state index contributed by atoms with van der Waals surface area (Å²) >= 11 is 11.6. The van der Waals surface area contributed by atoms with Gasteiger partial charge in [-0.3, -0.25) is 0 Å². The summed E-state index contributed by atoms with van der Waals surface area (Å²) in [6.45, 7) is 1.15. The minimum absolute atomic E-state index is 0.403. The molecule has 8 heteroatoms. The molecule has 1 aliphatic carbocycles. The van der Waals surface area contributed by atoms with Gasteiger partial charge in [0.05, 0.1) is 0 Å². The van der Waals surface area contributed by atoms with Gasteiger partial charge in [-0.1, -0.05) is 23.2 Å². The van der Waals surface area contributed by atoms with E-state index in [0.717, 1.165) is 25.7 Å². The monoisotopic (exact) mass is 450 g/mol. The number of nitrogens with one attached hydrogen (secondary N) is 2. The molecule has 2 aromatic rings. The summed E-state index contributed by atoms with van der Waals surface area (Å²) in [5.41, 5.74) is 0. The maximum Gasteiger partial charge on any atom is 0.412 e. The first kappa shape index (κ1) is 22.2. The van der Waals surface area contributed by atoms with E-state index in [0.29, 0.717) is 46.5 Å². The normalized spacial score (nSPS) is 18.3. The molecule has 0 aliphatic heterocycles. The highest BCUT2D eigenvalue weighted by atomic mass is 35.5. The van der Waals surface area contributed by atoms with Crippen molar-refractivity contribution in [1.29, 1.82) is 0 Å². The number of benzene rings is 2. The van der Waals surface area contributed by atoms with Gasteiger partial charge in [-0.05, 0) is 86.1 Å². The van der Waals surface area contributed by atoms with Crippen LogP contribution in [0.2, 0.25) is 10.0 Å². The Kier molecular flexibility index (Phi) is 8.22. The van der Waals surface area contributed by atoms with Crippen LogP contribution in [0.4, 0.5) is 9.59 Å². The van der Waals surface area contributed by atoms with Crippen molar-refractivity contribution in [2.45, 2.75) is 25.7 Å². The molecule has 3 rings (SSSR count). The molecule has 0 atom stereocenters. The summed E-state index contributed by atoms with van der Waals surface area (Å²) in [4.78, 5) is 23.8. The highest BCUT2D eigenvalue weighted by Crippen LogP contribution is 2.28. The number of ether oxygens (including phenoxy) is 2. The summed E-state index contributed by atoms with van der Waals surface area (Å²) in [5.74, 6) is 1.72. The van der Waals surface area contributed by atoms with E-state index in [1.165, 1.54) is 0 Å². The minimum atomic E-state index is -0.467. The van der Waals surface area contributed by atoms with Crippen molar-refractivity contribution < 1.29 is 19.1 Å². The molecule has 1 fully saturated rings. The molecule has 6 nitrogen and oxygen atoms in total. The van der Waals surface area contributed by atoms with Crippen molar-refractivity contribution in [2.24, 2.45) is 11.8 Å². The maximum atomic E-state index is 11.9. The first-order valence-electron chi connectivity index (χ1n) is 9.90. The molecule has 2 amide bonds. The van der Waals surface area contributed by atoms with Gasteiger partial charge < -0.3 is 20.1 Å². The van der Waals surface area contributed by atoms with Crippen LogP contribution in [0.1, 0.15) is 25.7 Å². The standard InChI is InChI=1S/C22H24Cl2N2O4/c23-17-5-9-19(10-6-17)29-21(27)25-13-15-1-2-16(4-3-15)14-26-22(28)30-20-11-7-18(24)8-12-20/h5-12,15-16H,1-4,13-14H2,(H,25,27)(H,26,28). The zero-order chi connectivity index (χ0) is 21.3. The van der Waals surface area contributed by atoms with Crippen LogP contribution >= 0.6 is 23.2 Å². The SMILES string of the molecule is O=C(NCC1CCC(CNC(=O)Oc2ccc(Cl)cc2)CC1)Oc1ccc(Cl)cc1. The van der Waals surface area contributed by atoms with E-state index in [9.17, 15) is 9.59 Å². The molecular formula is C22H24Cl2N2O4. The third kappa shape index (κ3) is 7.43. The van der Waals surface area contributed by atoms with Crippen LogP contribution in [0, 0.1) is 11.8 Å². The van der Waals surface area contributed by atoms with Crippen molar-refractivity contribution in [2.75, 3.05) is 13.1 Å². The Morgan fingerprint density at radius 1 is 0.700 bits per heavy atom. The van der Waals surface area contributed by atoms with Crippen molar-refractivity contribution >= 4 is 35.4 Å². The Morgan fingerprint density at radius 3 is 1.37 bits per heavy atom. The highest BCUT2D eigenvalue weighted by Gasteiger charge is 2.22. The number of halogens is 2. The molecule has 1 aliphatic rings. The third-order valence-electron chi connectivity index (χ3n) is 5.08. The maximum absolute atomic E-state index is 11.9. The molecule has 0 radical (unpaired) electrons. The Morgan fingerprint density at radius 2 is 1.03 bits per heavy atom. The van der Waals surface area contributed by atoms with Crippen LogP contribution in [0.25, 0.3) is 0 Å². The lowest BCUT2D eigenvalue weighted by Gasteiger charge is -2.28. The van der Waals surface area contributed by atoms with Gasteiger partial charge in [0.15, 0.2) is 0 Å². The topological polar surface area (TPSA) is 76.7 Å². The van der Waals surface area contributed by atoms with Gasteiger partial charge in [0.2, 0.25) is 0 Å². The average Bonchev–Trinajstić information content (AvgIpc) is 2.75. The van der Waals surface area contributed by atoms with Gasteiger partial charge in [0.1, 0.15) is 11.5 Å². The van der Waals surface area contributed by atoms with Crippen LogP contribution in [0.15, 0.2) is 48.5 Å². The number of rotatable bonds is 6. The third-order valence-corrected chi connectivity index (χ3v) is 5.59. The fourth-order valence-electron chi connectivity index (χ4n) is 3.39. The molecule has 2 N–H and O–H groups in total. The molecule has 0 spiro atoms. The molecule has 1 saturated carbocycles. The van der Waals surface area contributed by atoms with Crippen LogP contribution in [-0.4, -0.2) is 25.3 Å². The lowest BCUT2D eigenvalue weighted by atomic mass is 9.82. The average molecular weight is 451 g/mol. The van der Waals surface area contributed by atoms with E-state index in [1.54, 1.807) is 48.5 Å². The number of hydrogen-bond acceptors (Lipinski definition) is 4. The number of amides is 2. The van der Waals surface area contributed by atoms with E-state index in [-0.39, 0.29) is 0 Å². The molecule has 0 unspecified atom stereocenters. The van der Waals surface area contributed by atoms with Crippen LogP contribution in [-0.2, 0) is 0 Å². The highest BCUT2D eigenvalue weighted by molar-refractivity contribution is 6.30. The van der Waals surface area contributed by atoms with Crippen molar-refractivity contribution in [3.05, 3.63) is 58.6 Å². The number of carbonyl (C=O) groups excluding carboxylic acids is 2. The van der Waals surface area contributed by atoms with Gasteiger partial charge in [-0.2, -0.15) is 0 Å². The predicted molar refractivity (Wildman–Crippen MR) is 116 cm³/mol. The van der Waals surface area contributed by atoms with Crippen LogP contribution < -0.4 is 20.1 Å². The quantitative estimate of drug-likeness (QED) is 0.593. The van der Waals surface area contributed by atoms with E-state index in [1.807, 2.05) is 0 Å². The summed E-state index contributed by atoms with van der Waals surface area (Å²) in [6.07, 6.45) is 3.01. The van der Waals surface area contributed by atoms with Crippen molar-refractivity contribution in [3.8, 4) is 11.5 Å². The Hall–Kier alpha value is -2.44. The van der Waals surface area contributed by atoms with Gasteiger partial charge in [0.25, 0.3) is 0 Å². The zero-order valence-corrected chi connectivity index (χ0v) is 17.9. The van der Waals surface area contributed by atoms with Crippen LogP contribution in [0.5, 0.6) is 11.5 Å². The van der Waals surface area contributed by atoms with E-state index < -0.39 is 12.2 Å². The second-order valence-corrected chi connectivity index (χ2v) is 8.21.